The van der Waals surface area contributed by atoms with Gasteiger partial charge in [-0.05, 0) is 97.2 Å². The second-order valence-corrected chi connectivity index (χ2v) is 15.4. The van der Waals surface area contributed by atoms with Crippen LogP contribution in [0.2, 0.25) is 0 Å². The van der Waals surface area contributed by atoms with Crippen LogP contribution >= 0.6 is 0 Å². The number of rotatable bonds is 1. The zero-order valence-corrected chi connectivity index (χ0v) is 23.6. The lowest BCUT2D eigenvalue weighted by molar-refractivity contribution is -0.311. The number of fused-ring (bicyclic) bond motifs is 7. The summed E-state index contributed by atoms with van der Waals surface area (Å²) in [6, 6.07) is 0. The summed E-state index contributed by atoms with van der Waals surface area (Å²) in [4.78, 5) is 13.4. The van der Waals surface area contributed by atoms with Crippen molar-refractivity contribution in [1.82, 2.24) is 0 Å². The van der Waals surface area contributed by atoms with Gasteiger partial charge in [-0.1, -0.05) is 60.1 Å². The Morgan fingerprint density at radius 1 is 0.886 bits per heavy atom. The fourth-order valence-corrected chi connectivity index (χ4v) is 10.8. The van der Waals surface area contributed by atoms with Crippen molar-refractivity contribution in [1.29, 1.82) is 0 Å². The molecule has 5 aliphatic carbocycles. The maximum absolute atomic E-state index is 13.4. The lowest BCUT2D eigenvalue weighted by atomic mass is 9.33. The highest BCUT2D eigenvalue weighted by Crippen LogP contribution is 2.76. The van der Waals surface area contributed by atoms with Crippen LogP contribution in [0.5, 0.6) is 0 Å². The number of ether oxygens (including phenoxy) is 1. The second-order valence-electron chi connectivity index (χ2n) is 15.4. The molecule has 0 bridgehead atoms. The molecule has 198 valence electrons. The third-order valence-electron chi connectivity index (χ3n) is 13.4. The lowest BCUT2D eigenvalue weighted by Crippen LogP contribution is -2.67. The topological polar surface area (TPSA) is 66.8 Å². The first-order chi connectivity index (χ1) is 16.0. The first-order valence-electron chi connectivity index (χ1n) is 14.2. The highest BCUT2D eigenvalue weighted by molar-refractivity contribution is 5.78. The van der Waals surface area contributed by atoms with Crippen LogP contribution in [0.3, 0.4) is 0 Å². The minimum atomic E-state index is -1.59. The molecule has 0 radical (unpaired) electrons. The second kappa shape index (κ2) is 7.37. The van der Waals surface area contributed by atoms with Crippen LogP contribution in [0.15, 0.2) is 11.6 Å². The van der Waals surface area contributed by atoms with Crippen molar-refractivity contribution in [2.24, 2.45) is 50.2 Å². The van der Waals surface area contributed by atoms with Crippen LogP contribution < -0.4 is 0 Å². The molecule has 2 N–H and O–H groups in total. The molecule has 0 saturated heterocycles. The van der Waals surface area contributed by atoms with Gasteiger partial charge in [0.15, 0.2) is 5.79 Å². The Morgan fingerprint density at radius 3 is 2.20 bits per heavy atom. The summed E-state index contributed by atoms with van der Waals surface area (Å²) in [6.07, 6.45) is 12.2. The summed E-state index contributed by atoms with van der Waals surface area (Å²) in [6.45, 7) is 16.5. The highest BCUT2D eigenvalue weighted by Gasteiger charge is 2.70. The van der Waals surface area contributed by atoms with E-state index in [0.717, 1.165) is 57.8 Å². The fraction of sp³-hybridized carbons (Fsp3) is 0.903. The lowest BCUT2D eigenvalue weighted by Gasteiger charge is -2.71. The summed E-state index contributed by atoms with van der Waals surface area (Å²) in [5.41, 5.74) is 1.20. The molecule has 4 heteroatoms. The molecule has 5 aliphatic rings. The molecule has 0 amide bonds. The minimum Gasteiger partial charge on any atom is -0.469 e. The molecule has 0 aromatic rings. The maximum Gasteiger partial charge on any atom is 0.312 e. The summed E-state index contributed by atoms with van der Waals surface area (Å²) < 4.78 is 5.48. The van der Waals surface area contributed by atoms with E-state index in [-0.39, 0.29) is 39.0 Å². The maximum atomic E-state index is 13.4. The van der Waals surface area contributed by atoms with Gasteiger partial charge in [-0.25, -0.2) is 0 Å². The third kappa shape index (κ3) is 3.08. The molecule has 35 heavy (non-hydrogen) atoms. The molecular weight excluding hydrogens is 436 g/mol. The van der Waals surface area contributed by atoms with Crippen molar-refractivity contribution in [3.8, 4) is 0 Å². The fourth-order valence-electron chi connectivity index (χ4n) is 10.8. The van der Waals surface area contributed by atoms with Crippen LogP contribution in [0.1, 0.15) is 113 Å². The molecule has 5 rings (SSSR count). The van der Waals surface area contributed by atoms with Crippen LogP contribution in [0.4, 0.5) is 0 Å². The Hall–Kier alpha value is -0.870. The number of hydrogen-bond donors (Lipinski definition) is 2. The van der Waals surface area contributed by atoms with E-state index in [1.165, 1.54) is 0 Å². The number of carbonyl (C=O) groups excluding carboxylic acids is 1. The SMILES string of the molecule is COC(=O)[C@]12CCC(C)(C)C[C@H]1C1=CC[C@@H]3[C@@]4(C)CCC(O)(O)C(C)(C)[C@@H]4CC[C@@]3(C)[C@]1(C)CC2. The van der Waals surface area contributed by atoms with Crippen LogP contribution in [0, 0.1) is 50.2 Å². The van der Waals surface area contributed by atoms with Crippen LogP contribution in [-0.2, 0) is 9.53 Å². The van der Waals surface area contributed by atoms with E-state index < -0.39 is 11.2 Å². The van der Waals surface area contributed by atoms with Gasteiger partial charge >= 0.3 is 5.97 Å². The molecule has 7 atom stereocenters. The predicted octanol–water partition coefficient (Wildman–Crippen LogP) is 6.64. The largest absolute Gasteiger partial charge is 0.469 e. The molecule has 0 aliphatic heterocycles. The average molecular weight is 487 g/mol. The number of carbonyl (C=O) groups is 1. The van der Waals surface area contributed by atoms with Crippen molar-refractivity contribution in [2.75, 3.05) is 7.11 Å². The van der Waals surface area contributed by atoms with Gasteiger partial charge in [0, 0.05) is 11.8 Å². The normalized spacial score (nSPS) is 49.4. The van der Waals surface area contributed by atoms with Gasteiger partial charge in [0.2, 0.25) is 0 Å². The van der Waals surface area contributed by atoms with Crippen LogP contribution in [-0.4, -0.2) is 29.1 Å². The van der Waals surface area contributed by atoms with E-state index in [4.69, 9.17) is 4.74 Å². The Balaban J connectivity index is 1.60. The van der Waals surface area contributed by atoms with Crippen LogP contribution in [0.25, 0.3) is 0 Å². The van der Waals surface area contributed by atoms with Crippen molar-refractivity contribution in [2.45, 2.75) is 118 Å². The van der Waals surface area contributed by atoms with E-state index in [9.17, 15) is 15.0 Å². The van der Waals surface area contributed by atoms with Gasteiger partial charge in [0.25, 0.3) is 0 Å². The molecule has 4 saturated carbocycles. The molecule has 4 fully saturated rings. The van der Waals surface area contributed by atoms with Crippen molar-refractivity contribution in [3.63, 3.8) is 0 Å². The van der Waals surface area contributed by atoms with Gasteiger partial charge in [-0.2, -0.15) is 0 Å². The van der Waals surface area contributed by atoms with Crippen molar-refractivity contribution < 1.29 is 19.7 Å². The number of esters is 1. The predicted molar refractivity (Wildman–Crippen MR) is 138 cm³/mol. The van der Waals surface area contributed by atoms with Gasteiger partial charge in [-0.3, -0.25) is 4.79 Å². The van der Waals surface area contributed by atoms with Crippen molar-refractivity contribution in [3.05, 3.63) is 11.6 Å². The van der Waals surface area contributed by atoms with E-state index in [0.29, 0.717) is 18.3 Å². The number of hydrogen-bond acceptors (Lipinski definition) is 4. The first kappa shape index (κ1) is 25.8. The smallest absolute Gasteiger partial charge is 0.312 e. The summed E-state index contributed by atoms with van der Waals surface area (Å²) in [5, 5.41) is 21.9. The van der Waals surface area contributed by atoms with E-state index in [1.807, 2.05) is 0 Å². The average Bonchev–Trinajstić information content (AvgIpc) is 2.76. The molecule has 0 heterocycles. The molecule has 0 spiro atoms. The molecule has 4 nitrogen and oxygen atoms in total. The monoisotopic (exact) mass is 486 g/mol. The van der Waals surface area contributed by atoms with E-state index in [1.54, 1.807) is 12.7 Å². The van der Waals surface area contributed by atoms with Gasteiger partial charge in [0.1, 0.15) is 0 Å². The molecular formula is C31H50O4. The minimum absolute atomic E-state index is 0.0140. The highest BCUT2D eigenvalue weighted by atomic mass is 16.5. The zero-order chi connectivity index (χ0) is 25.9. The Bertz CT molecular complexity index is 946. The van der Waals surface area contributed by atoms with Gasteiger partial charge in [0.05, 0.1) is 12.5 Å². The summed E-state index contributed by atoms with van der Waals surface area (Å²) >= 11 is 0. The van der Waals surface area contributed by atoms with Gasteiger partial charge in [-0.15, -0.1) is 0 Å². The van der Waals surface area contributed by atoms with Crippen molar-refractivity contribution >= 4 is 5.97 Å². The first-order valence-corrected chi connectivity index (χ1v) is 14.2. The number of aliphatic hydroxyl groups is 2. The van der Waals surface area contributed by atoms with Gasteiger partial charge < -0.3 is 14.9 Å². The molecule has 0 aromatic heterocycles. The third-order valence-corrected chi connectivity index (χ3v) is 13.4. The summed E-state index contributed by atoms with van der Waals surface area (Å²) in [5.74, 6) is -0.503. The number of methoxy groups -OCH3 is 1. The molecule has 0 aromatic carbocycles. The standard InChI is InChI=1S/C31H50O4/c1-25(2)13-16-30(24(32)35-8)17-15-28(6)20(21(30)19-25)9-10-23-27(5)14-18-31(33,34)26(3,4)22(27)11-12-29(23,28)7/h9,21-23,33-34H,10-19H2,1-8H3/t21-,22-,23+,27-,28+,29+,30-/m0/s1. The molecule has 0 unspecified atom stereocenters. The number of allylic oxidation sites excluding steroid dienone is 2. The zero-order valence-electron chi connectivity index (χ0n) is 23.6. The summed E-state index contributed by atoms with van der Waals surface area (Å²) in [7, 11) is 1.57. The quantitative estimate of drug-likeness (QED) is 0.248. The Morgan fingerprint density at radius 2 is 1.54 bits per heavy atom. The Labute approximate surface area is 213 Å². The van der Waals surface area contributed by atoms with E-state index in [2.05, 4.69) is 54.5 Å². The van der Waals surface area contributed by atoms with E-state index >= 15 is 0 Å². The Kier molecular flexibility index (Phi) is 5.42.